The summed E-state index contributed by atoms with van der Waals surface area (Å²) >= 11 is 5.68. The number of anilines is 1. The molecule has 0 aliphatic rings. The van der Waals surface area contributed by atoms with Crippen LogP contribution in [0.1, 0.15) is 13.8 Å². The first-order valence-electron chi connectivity index (χ1n) is 4.34. The van der Waals surface area contributed by atoms with Crippen LogP contribution in [0, 0.1) is 5.41 Å². The first-order chi connectivity index (χ1) is 6.56. The number of aromatic nitrogens is 1. The number of carbonyl (C=O) groups is 1. The number of hydrogen-bond donors (Lipinski definition) is 1. The fourth-order valence-electron chi connectivity index (χ4n) is 0.796. The number of alkyl halides is 1. The van der Waals surface area contributed by atoms with Crippen molar-refractivity contribution in [2.45, 2.75) is 13.8 Å². The van der Waals surface area contributed by atoms with Crippen molar-refractivity contribution in [3.05, 3.63) is 24.5 Å². The molecular weight excluding hydrogens is 200 g/mol. The van der Waals surface area contributed by atoms with Crippen LogP contribution in [0.3, 0.4) is 0 Å². The van der Waals surface area contributed by atoms with Crippen molar-refractivity contribution < 1.29 is 4.79 Å². The van der Waals surface area contributed by atoms with Gasteiger partial charge < -0.3 is 5.32 Å². The maximum Gasteiger partial charge on any atom is 0.231 e. The molecule has 0 aliphatic carbocycles. The highest BCUT2D eigenvalue weighted by Gasteiger charge is 2.26. The molecule has 0 radical (unpaired) electrons. The third-order valence-electron chi connectivity index (χ3n) is 1.89. The molecule has 1 heterocycles. The molecular formula is C10H13ClN2O. The summed E-state index contributed by atoms with van der Waals surface area (Å²) in [4.78, 5) is 15.5. The summed E-state index contributed by atoms with van der Waals surface area (Å²) in [6.45, 7) is 3.60. The van der Waals surface area contributed by atoms with Crippen LogP contribution in [-0.2, 0) is 4.79 Å². The van der Waals surface area contributed by atoms with E-state index in [0.29, 0.717) is 5.88 Å². The molecule has 0 saturated heterocycles. The molecule has 4 heteroatoms. The minimum absolute atomic E-state index is 0.0845. The lowest BCUT2D eigenvalue weighted by molar-refractivity contribution is -0.122. The van der Waals surface area contributed by atoms with E-state index in [0.717, 1.165) is 5.69 Å². The summed E-state index contributed by atoms with van der Waals surface area (Å²) in [6.07, 6.45) is 3.26. The Morgan fingerprint density at radius 2 is 2.07 bits per heavy atom. The smallest absolute Gasteiger partial charge is 0.231 e. The third kappa shape index (κ3) is 2.70. The molecule has 1 amide bonds. The molecule has 3 nitrogen and oxygen atoms in total. The summed E-state index contributed by atoms with van der Waals surface area (Å²) in [7, 11) is 0. The summed E-state index contributed by atoms with van der Waals surface area (Å²) < 4.78 is 0. The van der Waals surface area contributed by atoms with Gasteiger partial charge in [0.2, 0.25) is 5.91 Å². The molecule has 0 atom stereocenters. The van der Waals surface area contributed by atoms with Crippen LogP contribution < -0.4 is 5.32 Å². The highest BCUT2D eigenvalue weighted by molar-refractivity contribution is 6.20. The van der Waals surface area contributed by atoms with Gasteiger partial charge in [0.25, 0.3) is 0 Å². The van der Waals surface area contributed by atoms with Crippen LogP contribution in [0.4, 0.5) is 5.69 Å². The summed E-state index contributed by atoms with van der Waals surface area (Å²) in [5.41, 5.74) is 0.188. The number of carbonyl (C=O) groups excluding carboxylic acids is 1. The van der Waals surface area contributed by atoms with Gasteiger partial charge in [0.1, 0.15) is 0 Å². The van der Waals surface area contributed by atoms with Crippen LogP contribution in [0.15, 0.2) is 24.5 Å². The summed E-state index contributed by atoms with van der Waals surface area (Å²) in [6, 6.07) is 3.48. The average Bonchev–Trinajstić information content (AvgIpc) is 2.19. The Kier molecular flexibility index (Phi) is 3.47. The molecule has 0 bridgehead atoms. The van der Waals surface area contributed by atoms with Gasteiger partial charge in [-0.1, -0.05) is 0 Å². The fourth-order valence-corrected chi connectivity index (χ4v) is 0.918. The van der Waals surface area contributed by atoms with Crippen molar-refractivity contribution in [2.24, 2.45) is 5.41 Å². The normalized spacial score (nSPS) is 11.1. The zero-order valence-corrected chi connectivity index (χ0v) is 9.01. The van der Waals surface area contributed by atoms with E-state index in [2.05, 4.69) is 10.3 Å². The predicted molar refractivity (Wildman–Crippen MR) is 57.4 cm³/mol. The van der Waals surface area contributed by atoms with E-state index in [9.17, 15) is 4.79 Å². The Bertz CT molecular complexity index is 311. The number of pyridine rings is 1. The molecule has 0 aromatic carbocycles. The number of halogens is 1. The highest BCUT2D eigenvalue weighted by Crippen LogP contribution is 2.19. The zero-order valence-electron chi connectivity index (χ0n) is 8.25. The Labute approximate surface area is 88.5 Å². The zero-order chi connectivity index (χ0) is 10.6. The largest absolute Gasteiger partial charge is 0.325 e. The van der Waals surface area contributed by atoms with E-state index in [1.807, 2.05) is 0 Å². The Hall–Kier alpha value is -1.09. The number of amides is 1. The molecule has 1 rings (SSSR count). The standard InChI is InChI=1S/C10H13ClN2O/c1-10(2,7-11)9(14)13-8-3-5-12-6-4-8/h3-6H,7H2,1-2H3,(H,12,13,14). The van der Waals surface area contributed by atoms with Crippen LogP contribution in [0.25, 0.3) is 0 Å². The number of nitrogens with zero attached hydrogens (tertiary/aromatic N) is 1. The monoisotopic (exact) mass is 212 g/mol. The molecule has 1 aromatic heterocycles. The predicted octanol–water partition coefficient (Wildman–Crippen LogP) is 2.29. The van der Waals surface area contributed by atoms with Crippen molar-refractivity contribution in [1.82, 2.24) is 4.98 Å². The van der Waals surface area contributed by atoms with Crippen molar-refractivity contribution >= 4 is 23.2 Å². The van der Waals surface area contributed by atoms with Gasteiger partial charge in [-0.15, -0.1) is 11.6 Å². The first-order valence-corrected chi connectivity index (χ1v) is 4.87. The van der Waals surface area contributed by atoms with E-state index >= 15 is 0 Å². The summed E-state index contributed by atoms with van der Waals surface area (Å²) in [5, 5.41) is 2.77. The fraction of sp³-hybridized carbons (Fsp3) is 0.400. The Morgan fingerprint density at radius 1 is 1.50 bits per heavy atom. The van der Waals surface area contributed by atoms with Crippen molar-refractivity contribution in [3.8, 4) is 0 Å². The Morgan fingerprint density at radius 3 is 2.57 bits per heavy atom. The van der Waals surface area contributed by atoms with Crippen LogP contribution in [0.2, 0.25) is 0 Å². The number of rotatable bonds is 3. The number of nitrogens with one attached hydrogen (secondary N) is 1. The van der Waals surface area contributed by atoms with Gasteiger partial charge in [0.05, 0.1) is 5.41 Å². The van der Waals surface area contributed by atoms with Crippen molar-refractivity contribution in [1.29, 1.82) is 0 Å². The minimum atomic E-state index is -0.551. The van der Waals surface area contributed by atoms with Gasteiger partial charge in [-0.05, 0) is 26.0 Å². The second-order valence-electron chi connectivity index (χ2n) is 3.71. The molecule has 1 aromatic rings. The van der Waals surface area contributed by atoms with Gasteiger partial charge in [-0.25, -0.2) is 0 Å². The second kappa shape index (κ2) is 4.42. The molecule has 0 fully saturated rings. The maximum absolute atomic E-state index is 11.6. The molecule has 0 spiro atoms. The molecule has 1 N–H and O–H groups in total. The SMILES string of the molecule is CC(C)(CCl)C(=O)Nc1ccncc1. The van der Waals surface area contributed by atoms with Gasteiger partial charge >= 0.3 is 0 Å². The quantitative estimate of drug-likeness (QED) is 0.782. The van der Waals surface area contributed by atoms with Gasteiger partial charge in [0.15, 0.2) is 0 Å². The lowest BCUT2D eigenvalue weighted by Crippen LogP contribution is -2.32. The van der Waals surface area contributed by atoms with E-state index in [4.69, 9.17) is 11.6 Å². The molecule has 76 valence electrons. The highest BCUT2D eigenvalue weighted by atomic mass is 35.5. The van der Waals surface area contributed by atoms with Gasteiger partial charge in [-0.3, -0.25) is 9.78 Å². The van der Waals surface area contributed by atoms with Gasteiger partial charge in [0, 0.05) is 24.0 Å². The van der Waals surface area contributed by atoms with E-state index in [1.54, 1.807) is 38.4 Å². The van der Waals surface area contributed by atoms with E-state index < -0.39 is 5.41 Å². The number of hydrogen-bond acceptors (Lipinski definition) is 2. The minimum Gasteiger partial charge on any atom is -0.325 e. The lowest BCUT2D eigenvalue weighted by atomic mass is 9.95. The van der Waals surface area contributed by atoms with Crippen LogP contribution in [-0.4, -0.2) is 16.8 Å². The van der Waals surface area contributed by atoms with Gasteiger partial charge in [-0.2, -0.15) is 0 Å². The molecule has 0 aliphatic heterocycles. The molecule has 14 heavy (non-hydrogen) atoms. The van der Waals surface area contributed by atoms with E-state index in [-0.39, 0.29) is 5.91 Å². The average molecular weight is 213 g/mol. The third-order valence-corrected chi connectivity index (χ3v) is 2.56. The molecule has 0 unspecified atom stereocenters. The van der Waals surface area contributed by atoms with E-state index in [1.165, 1.54) is 0 Å². The van der Waals surface area contributed by atoms with Crippen molar-refractivity contribution in [3.63, 3.8) is 0 Å². The summed E-state index contributed by atoms with van der Waals surface area (Å²) in [5.74, 6) is 0.211. The lowest BCUT2D eigenvalue weighted by Gasteiger charge is -2.20. The Balaban J connectivity index is 2.67. The van der Waals surface area contributed by atoms with Crippen LogP contribution >= 0.6 is 11.6 Å². The second-order valence-corrected chi connectivity index (χ2v) is 3.97. The maximum atomic E-state index is 11.6. The molecule has 0 saturated carbocycles. The van der Waals surface area contributed by atoms with Crippen molar-refractivity contribution in [2.75, 3.05) is 11.2 Å². The van der Waals surface area contributed by atoms with Crippen LogP contribution in [0.5, 0.6) is 0 Å². The topological polar surface area (TPSA) is 42.0 Å². The first kappa shape index (κ1) is 11.0.